The molecule has 8 nitrogen and oxygen atoms in total. The van der Waals surface area contributed by atoms with Crippen LogP contribution in [-0.2, 0) is 19.1 Å². The summed E-state index contributed by atoms with van der Waals surface area (Å²) in [6.07, 6.45) is 0.00153. The van der Waals surface area contributed by atoms with Gasteiger partial charge in [-0.2, -0.15) is 0 Å². The lowest BCUT2D eigenvalue weighted by Crippen LogP contribution is -2.28. The van der Waals surface area contributed by atoms with Crippen LogP contribution in [-0.4, -0.2) is 45.2 Å². The molecule has 0 saturated carbocycles. The second-order valence-electron chi connectivity index (χ2n) is 7.06. The molecule has 1 aliphatic heterocycles. The van der Waals surface area contributed by atoms with Gasteiger partial charge in [0.05, 0.1) is 25.8 Å². The maximum atomic E-state index is 12.5. The maximum Gasteiger partial charge on any atom is 0.311 e. The second kappa shape index (κ2) is 9.82. The molecule has 2 aromatic carbocycles. The molecule has 0 radical (unpaired) electrons. The first kappa shape index (κ1) is 22.6. The molecule has 1 fully saturated rings. The number of esters is 1. The molecule has 1 N–H and O–H groups in total. The van der Waals surface area contributed by atoms with Crippen LogP contribution in [0.3, 0.4) is 0 Å². The SMILES string of the molecule is COc1ccc(N2C[C@H](C(=O)OCC(=O)Nc3ccc(Br)c(C)c3)CC2=O)c(OC)c1. The molecule has 0 aromatic heterocycles. The Balaban J connectivity index is 1.58. The third-order valence-corrected chi connectivity index (χ3v) is 5.81. The van der Waals surface area contributed by atoms with Crippen molar-refractivity contribution in [1.29, 1.82) is 0 Å². The number of halogens is 1. The van der Waals surface area contributed by atoms with Gasteiger partial charge in [0.1, 0.15) is 11.5 Å². The zero-order valence-electron chi connectivity index (χ0n) is 17.4. The Morgan fingerprint density at radius 1 is 1.16 bits per heavy atom. The number of hydrogen-bond donors (Lipinski definition) is 1. The first-order chi connectivity index (χ1) is 14.8. The molecular formula is C22H23BrN2O6. The van der Waals surface area contributed by atoms with Gasteiger partial charge in [0.15, 0.2) is 6.61 Å². The smallest absolute Gasteiger partial charge is 0.311 e. The monoisotopic (exact) mass is 490 g/mol. The number of carbonyl (C=O) groups is 3. The topological polar surface area (TPSA) is 94.2 Å². The molecule has 0 bridgehead atoms. The average molecular weight is 491 g/mol. The van der Waals surface area contributed by atoms with Crippen LogP contribution in [0.5, 0.6) is 11.5 Å². The molecule has 1 aliphatic rings. The first-order valence-corrected chi connectivity index (χ1v) is 10.4. The normalized spacial score (nSPS) is 15.5. The van der Waals surface area contributed by atoms with Gasteiger partial charge in [-0.25, -0.2) is 0 Å². The van der Waals surface area contributed by atoms with Crippen LogP contribution in [0.4, 0.5) is 11.4 Å². The van der Waals surface area contributed by atoms with Crippen molar-refractivity contribution in [3.05, 3.63) is 46.4 Å². The zero-order valence-corrected chi connectivity index (χ0v) is 19.0. The van der Waals surface area contributed by atoms with E-state index >= 15 is 0 Å². The Morgan fingerprint density at radius 3 is 2.61 bits per heavy atom. The van der Waals surface area contributed by atoms with Gasteiger partial charge in [-0.05, 0) is 42.8 Å². The number of hydrogen-bond acceptors (Lipinski definition) is 6. The first-order valence-electron chi connectivity index (χ1n) is 9.57. The minimum absolute atomic E-state index is 0.00153. The average Bonchev–Trinajstić information content (AvgIpc) is 3.15. The lowest BCUT2D eigenvalue weighted by Gasteiger charge is -2.20. The largest absolute Gasteiger partial charge is 0.497 e. The Hall–Kier alpha value is -3.07. The van der Waals surface area contributed by atoms with E-state index in [1.54, 1.807) is 30.3 Å². The standard InChI is InChI=1S/C22H23BrN2O6/c1-13-8-15(4-6-17(13)23)24-20(26)12-31-22(28)14-9-21(27)25(11-14)18-7-5-16(29-2)10-19(18)30-3/h4-8,10,14H,9,11-12H2,1-3H3,(H,24,26)/t14-/m1/s1. The van der Waals surface area contributed by atoms with E-state index < -0.39 is 24.4 Å². The van der Waals surface area contributed by atoms with E-state index in [2.05, 4.69) is 21.2 Å². The van der Waals surface area contributed by atoms with Gasteiger partial charge in [-0.15, -0.1) is 0 Å². The van der Waals surface area contributed by atoms with E-state index in [0.717, 1.165) is 10.0 Å². The summed E-state index contributed by atoms with van der Waals surface area (Å²) in [4.78, 5) is 38.5. The summed E-state index contributed by atoms with van der Waals surface area (Å²) >= 11 is 3.40. The van der Waals surface area contributed by atoms with Gasteiger partial charge in [0.25, 0.3) is 5.91 Å². The van der Waals surface area contributed by atoms with Crippen molar-refractivity contribution in [3.63, 3.8) is 0 Å². The summed E-state index contributed by atoms with van der Waals surface area (Å²) in [6, 6.07) is 10.5. The molecule has 2 amide bonds. The number of nitrogens with zero attached hydrogens (tertiary/aromatic N) is 1. The van der Waals surface area contributed by atoms with E-state index in [9.17, 15) is 14.4 Å². The predicted molar refractivity (Wildman–Crippen MR) is 118 cm³/mol. The van der Waals surface area contributed by atoms with Crippen LogP contribution in [0.2, 0.25) is 0 Å². The molecule has 0 spiro atoms. The zero-order chi connectivity index (χ0) is 22.5. The fraction of sp³-hybridized carbons (Fsp3) is 0.318. The molecule has 9 heteroatoms. The highest BCUT2D eigenvalue weighted by Crippen LogP contribution is 2.36. The Kier molecular flexibility index (Phi) is 7.17. The highest BCUT2D eigenvalue weighted by Gasteiger charge is 2.37. The van der Waals surface area contributed by atoms with Gasteiger partial charge in [-0.1, -0.05) is 15.9 Å². The van der Waals surface area contributed by atoms with E-state index in [1.165, 1.54) is 19.1 Å². The number of anilines is 2. The number of carbonyl (C=O) groups excluding carboxylic acids is 3. The third-order valence-electron chi connectivity index (χ3n) is 4.92. The molecule has 1 saturated heterocycles. The third kappa shape index (κ3) is 5.35. The van der Waals surface area contributed by atoms with E-state index in [-0.39, 0.29) is 18.9 Å². The van der Waals surface area contributed by atoms with Crippen molar-refractivity contribution in [1.82, 2.24) is 0 Å². The highest BCUT2D eigenvalue weighted by molar-refractivity contribution is 9.10. The van der Waals surface area contributed by atoms with Crippen molar-refractivity contribution < 1.29 is 28.6 Å². The summed E-state index contributed by atoms with van der Waals surface area (Å²) in [5, 5.41) is 2.68. The minimum atomic E-state index is -0.665. The summed E-state index contributed by atoms with van der Waals surface area (Å²) in [5.74, 6) is -0.873. The quantitative estimate of drug-likeness (QED) is 0.598. The fourth-order valence-corrected chi connectivity index (χ4v) is 3.53. The minimum Gasteiger partial charge on any atom is -0.497 e. The molecule has 0 unspecified atom stereocenters. The molecule has 1 atom stereocenters. The van der Waals surface area contributed by atoms with Crippen LogP contribution in [0.1, 0.15) is 12.0 Å². The van der Waals surface area contributed by atoms with Crippen LogP contribution >= 0.6 is 15.9 Å². The van der Waals surface area contributed by atoms with Crippen LogP contribution in [0, 0.1) is 12.8 Å². The highest BCUT2D eigenvalue weighted by atomic mass is 79.9. The Morgan fingerprint density at radius 2 is 1.94 bits per heavy atom. The number of nitrogens with one attached hydrogen (secondary N) is 1. The Labute approximate surface area is 188 Å². The molecule has 3 rings (SSSR count). The molecule has 1 heterocycles. The van der Waals surface area contributed by atoms with Crippen molar-refractivity contribution in [2.45, 2.75) is 13.3 Å². The van der Waals surface area contributed by atoms with Crippen molar-refractivity contribution in [3.8, 4) is 11.5 Å². The summed E-state index contributed by atoms with van der Waals surface area (Å²) in [5.41, 5.74) is 2.12. The second-order valence-corrected chi connectivity index (χ2v) is 7.92. The maximum absolute atomic E-state index is 12.5. The van der Waals surface area contributed by atoms with E-state index in [0.29, 0.717) is 22.9 Å². The number of rotatable bonds is 7. The van der Waals surface area contributed by atoms with Crippen LogP contribution < -0.4 is 19.7 Å². The number of ether oxygens (including phenoxy) is 3. The number of aryl methyl sites for hydroxylation is 1. The number of methoxy groups -OCH3 is 2. The summed E-state index contributed by atoms with van der Waals surface area (Å²) in [6.45, 7) is 1.62. The van der Waals surface area contributed by atoms with Crippen LogP contribution in [0.25, 0.3) is 0 Å². The molecule has 0 aliphatic carbocycles. The molecule has 31 heavy (non-hydrogen) atoms. The van der Waals surface area contributed by atoms with Gasteiger partial charge < -0.3 is 24.4 Å². The summed E-state index contributed by atoms with van der Waals surface area (Å²) < 4.78 is 16.6. The number of benzene rings is 2. The van der Waals surface area contributed by atoms with Gasteiger partial charge in [0, 0.05) is 29.2 Å². The fourth-order valence-electron chi connectivity index (χ4n) is 3.28. The Bertz CT molecular complexity index is 1010. The lowest BCUT2D eigenvalue weighted by atomic mass is 10.1. The lowest BCUT2D eigenvalue weighted by molar-refractivity contribution is -0.151. The predicted octanol–water partition coefficient (Wildman–Crippen LogP) is 3.31. The van der Waals surface area contributed by atoms with Crippen molar-refractivity contribution >= 4 is 45.1 Å². The van der Waals surface area contributed by atoms with Crippen molar-refractivity contribution in [2.24, 2.45) is 5.92 Å². The molecular weight excluding hydrogens is 468 g/mol. The van der Waals surface area contributed by atoms with E-state index in [1.807, 2.05) is 13.0 Å². The number of amides is 2. The molecule has 164 valence electrons. The van der Waals surface area contributed by atoms with Gasteiger partial charge in [-0.3, -0.25) is 14.4 Å². The van der Waals surface area contributed by atoms with Gasteiger partial charge in [0.2, 0.25) is 5.91 Å². The van der Waals surface area contributed by atoms with E-state index in [4.69, 9.17) is 14.2 Å². The van der Waals surface area contributed by atoms with Crippen molar-refractivity contribution in [2.75, 3.05) is 37.6 Å². The van der Waals surface area contributed by atoms with Gasteiger partial charge >= 0.3 is 5.97 Å². The molecule has 2 aromatic rings. The summed E-state index contributed by atoms with van der Waals surface area (Å²) in [7, 11) is 3.03. The van der Waals surface area contributed by atoms with Crippen LogP contribution in [0.15, 0.2) is 40.9 Å².